The van der Waals surface area contributed by atoms with Gasteiger partial charge in [0.2, 0.25) is 0 Å². The lowest BCUT2D eigenvalue weighted by atomic mass is 10.0. The van der Waals surface area contributed by atoms with Gasteiger partial charge in [0, 0.05) is 20.7 Å². The maximum atomic E-state index is 12.5. The molecule has 1 fully saturated rings. The van der Waals surface area contributed by atoms with Gasteiger partial charge in [-0.3, -0.25) is 4.79 Å². The summed E-state index contributed by atoms with van der Waals surface area (Å²) in [7, 11) is 3.21. The number of amides is 2. The molecule has 1 N–H and O–H groups in total. The number of carbonyl (C=O) groups excluding carboxylic acids is 1. The van der Waals surface area contributed by atoms with Crippen LogP contribution < -0.4 is 0 Å². The van der Waals surface area contributed by atoms with E-state index < -0.39 is 17.9 Å². The number of carbonyl (C=O) groups is 2. The fourth-order valence-corrected chi connectivity index (χ4v) is 2.47. The number of urea groups is 1. The number of hydrogen-bond donors (Lipinski definition) is 1. The Balaban J connectivity index is 2.76. The second kappa shape index (κ2) is 7.44. The van der Waals surface area contributed by atoms with Crippen LogP contribution in [-0.4, -0.2) is 79.5 Å². The molecule has 0 radical (unpaired) electrons. The molecular weight excluding hydrogens is 264 g/mol. The first-order valence-electron chi connectivity index (χ1n) is 6.76. The van der Waals surface area contributed by atoms with Crippen molar-refractivity contribution in [3.8, 4) is 0 Å². The van der Waals surface area contributed by atoms with E-state index in [1.165, 1.54) is 4.90 Å². The Morgan fingerprint density at radius 2 is 2.10 bits per heavy atom. The SMILES string of the molecule is CCN(C(=O)N(C)C1COCC1C(=O)O)C(C)COC. The zero-order valence-electron chi connectivity index (χ0n) is 12.5. The van der Waals surface area contributed by atoms with E-state index in [0.29, 0.717) is 13.2 Å². The van der Waals surface area contributed by atoms with Gasteiger partial charge in [0.1, 0.15) is 5.92 Å². The van der Waals surface area contributed by atoms with Crippen LogP contribution in [0.1, 0.15) is 13.8 Å². The molecule has 0 aromatic heterocycles. The second-order valence-corrected chi connectivity index (χ2v) is 5.03. The Labute approximate surface area is 119 Å². The number of hydrogen-bond acceptors (Lipinski definition) is 4. The summed E-state index contributed by atoms with van der Waals surface area (Å²) in [5, 5.41) is 9.15. The number of carboxylic acids is 1. The zero-order chi connectivity index (χ0) is 15.3. The van der Waals surface area contributed by atoms with Gasteiger partial charge >= 0.3 is 12.0 Å². The molecule has 1 aliphatic heterocycles. The quantitative estimate of drug-likeness (QED) is 0.769. The lowest BCUT2D eigenvalue weighted by Crippen LogP contribution is -2.53. The summed E-state index contributed by atoms with van der Waals surface area (Å²) in [5.74, 6) is -1.60. The monoisotopic (exact) mass is 288 g/mol. The predicted octanol–water partition coefficient (Wildman–Crippen LogP) is 0.495. The third kappa shape index (κ3) is 3.61. The average Bonchev–Trinajstić information content (AvgIpc) is 2.88. The van der Waals surface area contributed by atoms with Gasteiger partial charge in [0.05, 0.1) is 31.9 Å². The predicted molar refractivity (Wildman–Crippen MR) is 72.6 cm³/mol. The molecule has 0 spiro atoms. The molecule has 1 rings (SSSR count). The van der Waals surface area contributed by atoms with E-state index in [9.17, 15) is 9.59 Å². The number of nitrogens with zero attached hydrogens (tertiary/aromatic N) is 2. The molecule has 0 aromatic carbocycles. The molecule has 0 aliphatic carbocycles. The van der Waals surface area contributed by atoms with Gasteiger partial charge in [0.25, 0.3) is 0 Å². The minimum Gasteiger partial charge on any atom is -0.481 e. The summed E-state index contributed by atoms with van der Waals surface area (Å²) < 4.78 is 10.3. The summed E-state index contributed by atoms with van der Waals surface area (Å²) in [6.07, 6.45) is 0. The topological polar surface area (TPSA) is 79.3 Å². The summed E-state index contributed by atoms with van der Waals surface area (Å²) in [6.45, 7) is 5.18. The maximum absolute atomic E-state index is 12.5. The van der Waals surface area contributed by atoms with Crippen LogP contribution >= 0.6 is 0 Å². The highest BCUT2D eigenvalue weighted by molar-refractivity contribution is 5.77. The molecule has 0 saturated carbocycles. The van der Waals surface area contributed by atoms with Gasteiger partial charge in [-0.2, -0.15) is 0 Å². The highest BCUT2D eigenvalue weighted by atomic mass is 16.5. The fourth-order valence-electron chi connectivity index (χ4n) is 2.47. The smallest absolute Gasteiger partial charge is 0.320 e. The van der Waals surface area contributed by atoms with Crippen molar-refractivity contribution < 1.29 is 24.2 Å². The van der Waals surface area contributed by atoms with Crippen LogP contribution in [0.5, 0.6) is 0 Å². The van der Waals surface area contributed by atoms with Gasteiger partial charge in [-0.05, 0) is 13.8 Å². The average molecular weight is 288 g/mol. The molecule has 7 nitrogen and oxygen atoms in total. The van der Waals surface area contributed by atoms with Crippen LogP contribution in [0, 0.1) is 5.92 Å². The number of methoxy groups -OCH3 is 1. The summed E-state index contributed by atoms with van der Waals surface area (Å²) >= 11 is 0. The van der Waals surface area contributed by atoms with Gasteiger partial charge in [-0.15, -0.1) is 0 Å². The van der Waals surface area contributed by atoms with Crippen molar-refractivity contribution in [1.29, 1.82) is 0 Å². The number of ether oxygens (including phenoxy) is 2. The minimum atomic E-state index is -0.930. The number of likely N-dealkylation sites (N-methyl/N-ethyl adjacent to an activating group) is 2. The Hall–Kier alpha value is -1.34. The molecule has 7 heteroatoms. The van der Waals surface area contributed by atoms with Crippen molar-refractivity contribution in [3.63, 3.8) is 0 Å². The van der Waals surface area contributed by atoms with E-state index in [1.807, 2.05) is 13.8 Å². The lowest BCUT2D eigenvalue weighted by Gasteiger charge is -2.35. The Kier molecular flexibility index (Phi) is 6.22. The molecule has 20 heavy (non-hydrogen) atoms. The van der Waals surface area contributed by atoms with Gasteiger partial charge in [-0.1, -0.05) is 0 Å². The Bertz CT molecular complexity index is 350. The van der Waals surface area contributed by atoms with E-state index in [-0.39, 0.29) is 25.3 Å². The molecule has 0 aromatic rings. The molecule has 3 unspecified atom stereocenters. The van der Waals surface area contributed by atoms with E-state index in [4.69, 9.17) is 14.6 Å². The number of rotatable bonds is 6. The van der Waals surface area contributed by atoms with Crippen LogP contribution in [-0.2, 0) is 14.3 Å². The third-order valence-corrected chi connectivity index (χ3v) is 3.69. The van der Waals surface area contributed by atoms with Crippen molar-refractivity contribution >= 4 is 12.0 Å². The van der Waals surface area contributed by atoms with E-state index in [2.05, 4.69) is 0 Å². The number of aliphatic carboxylic acids is 1. The summed E-state index contributed by atoms with van der Waals surface area (Å²) in [4.78, 5) is 26.8. The van der Waals surface area contributed by atoms with Crippen LogP contribution in [0.3, 0.4) is 0 Å². The first-order valence-corrected chi connectivity index (χ1v) is 6.76. The van der Waals surface area contributed by atoms with E-state index in [1.54, 1.807) is 19.1 Å². The second-order valence-electron chi connectivity index (χ2n) is 5.03. The van der Waals surface area contributed by atoms with Gasteiger partial charge in [0.15, 0.2) is 0 Å². The van der Waals surface area contributed by atoms with Crippen molar-refractivity contribution in [1.82, 2.24) is 9.80 Å². The highest BCUT2D eigenvalue weighted by Crippen LogP contribution is 2.20. The number of carboxylic acid groups (broad SMARTS) is 1. The summed E-state index contributed by atoms with van der Waals surface area (Å²) in [6, 6.07) is -0.687. The Morgan fingerprint density at radius 1 is 1.45 bits per heavy atom. The largest absolute Gasteiger partial charge is 0.481 e. The van der Waals surface area contributed by atoms with Crippen LogP contribution in [0.25, 0.3) is 0 Å². The molecule has 1 saturated heterocycles. The zero-order valence-corrected chi connectivity index (χ0v) is 12.5. The van der Waals surface area contributed by atoms with Crippen molar-refractivity contribution in [2.24, 2.45) is 5.92 Å². The molecule has 1 heterocycles. The van der Waals surface area contributed by atoms with Crippen molar-refractivity contribution in [2.75, 3.05) is 40.5 Å². The van der Waals surface area contributed by atoms with E-state index in [0.717, 1.165) is 0 Å². The van der Waals surface area contributed by atoms with E-state index >= 15 is 0 Å². The molecule has 1 aliphatic rings. The highest BCUT2D eigenvalue weighted by Gasteiger charge is 2.39. The third-order valence-electron chi connectivity index (χ3n) is 3.69. The molecule has 0 bridgehead atoms. The van der Waals surface area contributed by atoms with Gasteiger partial charge < -0.3 is 24.4 Å². The molecule has 3 atom stereocenters. The van der Waals surface area contributed by atoms with Crippen LogP contribution in [0.4, 0.5) is 4.79 Å². The normalized spacial score (nSPS) is 23.4. The van der Waals surface area contributed by atoms with Crippen LogP contribution in [0.2, 0.25) is 0 Å². The fraction of sp³-hybridized carbons (Fsp3) is 0.846. The van der Waals surface area contributed by atoms with Crippen molar-refractivity contribution in [3.05, 3.63) is 0 Å². The standard InChI is InChI=1S/C13H24N2O5/c1-5-15(9(2)6-19-4)13(18)14(3)11-8-20-7-10(11)12(16)17/h9-11H,5-8H2,1-4H3,(H,16,17). The Morgan fingerprint density at radius 3 is 2.60 bits per heavy atom. The summed E-state index contributed by atoms with van der Waals surface area (Å²) in [5.41, 5.74) is 0. The van der Waals surface area contributed by atoms with Gasteiger partial charge in [-0.25, -0.2) is 4.79 Å². The maximum Gasteiger partial charge on any atom is 0.320 e. The molecular formula is C13H24N2O5. The van der Waals surface area contributed by atoms with Crippen molar-refractivity contribution in [2.45, 2.75) is 25.9 Å². The first kappa shape index (κ1) is 16.7. The molecule has 116 valence electrons. The first-order chi connectivity index (χ1) is 9.43. The minimum absolute atomic E-state index is 0.0643. The van der Waals surface area contributed by atoms with Crippen LogP contribution in [0.15, 0.2) is 0 Å². The molecule has 2 amide bonds. The lowest BCUT2D eigenvalue weighted by molar-refractivity contribution is -0.142.